The van der Waals surface area contributed by atoms with Gasteiger partial charge in [0.2, 0.25) is 0 Å². The Balaban J connectivity index is 2.48. The maximum Gasteiger partial charge on any atom is 0.311 e. The lowest BCUT2D eigenvalue weighted by Crippen LogP contribution is -2.38. The summed E-state index contributed by atoms with van der Waals surface area (Å²) in [5.74, 6) is -1.39. The van der Waals surface area contributed by atoms with Gasteiger partial charge in [-0.15, -0.1) is 0 Å². The topological polar surface area (TPSA) is 63.4 Å². The molecule has 10 heavy (non-hydrogen) atoms. The van der Waals surface area contributed by atoms with Crippen LogP contribution in [-0.2, 0) is 9.59 Å². The van der Waals surface area contributed by atoms with Crippen molar-refractivity contribution in [3.05, 3.63) is 0 Å². The lowest BCUT2D eigenvalue weighted by Gasteiger charge is -2.11. The second-order valence-electron chi connectivity index (χ2n) is 2.36. The largest absolute Gasteiger partial charge is 0.361 e. The third kappa shape index (κ3) is 1.26. The summed E-state index contributed by atoms with van der Waals surface area (Å²) in [5.41, 5.74) is 4.79. The second-order valence-corrected chi connectivity index (χ2v) is 2.36. The fraction of sp³-hybridized carbons (Fsp3) is 0.667. The van der Waals surface area contributed by atoms with Gasteiger partial charge in [-0.05, 0) is 12.8 Å². The first-order chi connectivity index (χ1) is 4.72. The Hall–Kier alpha value is -1.06. The highest BCUT2D eigenvalue weighted by atomic mass is 16.2. The van der Waals surface area contributed by atoms with Crippen molar-refractivity contribution < 1.29 is 9.59 Å². The van der Waals surface area contributed by atoms with Crippen LogP contribution in [0.4, 0.5) is 0 Å². The van der Waals surface area contributed by atoms with Gasteiger partial charge >= 0.3 is 11.8 Å². The molecule has 4 nitrogen and oxygen atoms in total. The Kier molecular flexibility index (Phi) is 1.89. The molecule has 1 aliphatic rings. The number of hydrogen-bond donors (Lipinski definition) is 1. The summed E-state index contributed by atoms with van der Waals surface area (Å²) < 4.78 is 0. The molecule has 2 amide bonds. The van der Waals surface area contributed by atoms with Crippen LogP contribution in [0.3, 0.4) is 0 Å². The van der Waals surface area contributed by atoms with Crippen molar-refractivity contribution in [2.75, 3.05) is 13.1 Å². The standard InChI is InChI=1S/C6H10N2O2/c7-5(9)6(10)8-3-1-2-4-8/h1-4H2,(H2,7,9). The van der Waals surface area contributed by atoms with Gasteiger partial charge in [0.25, 0.3) is 0 Å². The lowest BCUT2D eigenvalue weighted by atomic mass is 10.4. The molecular weight excluding hydrogens is 132 g/mol. The monoisotopic (exact) mass is 142 g/mol. The number of hydrogen-bond acceptors (Lipinski definition) is 2. The summed E-state index contributed by atoms with van der Waals surface area (Å²) in [4.78, 5) is 22.6. The number of carbonyl (C=O) groups is 2. The number of likely N-dealkylation sites (tertiary alicyclic amines) is 1. The van der Waals surface area contributed by atoms with Gasteiger partial charge in [-0.1, -0.05) is 0 Å². The summed E-state index contributed by atoms with van der Waals surface area (Å²) in [6.45, 7) is 1.36. The molecule has 0 unspecified atom stereocenters. The van der Waals surface area contributed by atoms with Crippen molar-refractivity contribution >= 4 is 11.8 Å². The Labute approximate surface area is 59.0 Å². The van der Waals surface area contributed by atoms with Gasteiger partial charge in [0.15, 0.2) is 0 Å². The summed E-state index contributed by atoms with van der Waals surface area (Å²) >= 11 is 0. The van der Waals surface area contributed by atoms with Crippen LogP contribution < -0.4 is 5.73 Å². The molecule has 0 radical (unpaired) electrons. The van der Waals surface area contributed by atoms with Crippen molar-refractivity contribution in [1.82, 2.24) is 4.90 Å². The summed E-state index contributed by atoms with van der Waals surface area (Å²) in [5, 5.41) is 0. The van der Waals surface area contributed by atoms with Gasteiger partial charge in [0.1, 0.15) is 0 Å². The van der Waals surface area contributed by atoms with Crippen LogP contribution in [-0.4, -0.2) is 29.8 Å². The van der Waals surface area contributed by atoms with Gasteiger partial charge in [-0.3, -0.25) is 9.59 Å². The minimum Gasteiger partial charge on any atom is -0.361 e. The average Bonchev–Trinajstić information content (AvgIpc) is 2.36. The molecule has 0 aromatic heterocycles. The van der Waals surface area contributed by atoms with E-state index in [1.54, 1.807) is 0 Å². The highest BCUT2D eigenvalue weighted by Crippen LogP contribution is 2.06. The fourth-order valence-electron chi connectivity index (χ4n) is 1.08. The van der Waals surface area contributed by atoms with Gasteiger partial charge in [0.05, 0.1) is 0 Å². The molecule has 56 valence electrons. The molecule has 0 aromatic carbocycles. The van der Waals surface area contributed by atoms with E-state index in [4.69, 9.17) is 5.73 Å². The van der Waals surface area contributed by atoms with E-state index in [9.17, 15) is 9.59 Å². The van der Waals surface area contributed by atoms with Crippen LogP contribution in [0.15, 0.2) is 0 Å². The second kappa shape index (κ2) is 2.68. The molecule has 1 aliphatic heterocycles. The predicted molar refractivity (Wildman–Crippen MR) is 35.0 cm³/mol. The molecule has 2 N–H and O–H groups in total. The molecule has 0 aliphatic carbocycles. The Morgan fingerprint density at radius 3 is 2.10 bits per heavy atom. The zero-order valence-corrected chi connectivity index (χ0v) is 5.67. The van der Waals surface area contributed by atoms with Crippen molar-refractivity contribution in [3.63, 3.8) is 0 Å². The molecule has 1 heterocycles. The Morgan fingerprint density at radius 2 is 1.70 bits per heavy atom. The molecule has 4 heteroatoms. The van der Waals surface area contributed by atoms with Gasteiger partial charge < -0.3 is 10.6 Å². The Morgan fingerprint density at radius 1 is 1.20 bits per heavy atom. The third-order valence-electron chi connectivity index (χ3n) is 1.60. The molecule has 1 rings (SSSR count). The van der Waals surface area contributed by atoms with E-state index in [1.165, 1.54) is 4.90 Å². The van der Waals surface area contributed by atoms with Crippen molar-refractivity contribution in [3.8, 4) is 0 Å². The number of carbonyl (C=O) groups excluding carboxylic acids is 2. The smallest absolute Gasteiger partial charge is 0.311 e. The van der Waals surface area contributed by atoms with Crippen LogP contribution in [0.2, 0.25) is 0 Å². The average molecular weight is 142 g/mol. The van der Waals surface area contributed by atoms with Crippen LogP contribution >= 0.6 is 0 Å². The van der Waals surface area contributed by atoms with Crippen molar-refractivity contribution in [1.29, 1.82) is 0 Å². The molecule has 1 saturated heterocycles. The third-order valence-corrected chi connectivity index (χ3v) is 1.60. The molecular formula is C6H10N2O2. The zero-order chi connectivity index (χ0) is 7.56. The summed E-state index contributed by atoms with van der Waals surface area (Å²) in [6, 6.07) is 0. The van der Waals surface area contributed by atoms with Gasteiger partial charge in [-0.2, -0.15) is 0 Å². The van der Waals surface area contributed by atoms with Gasteiger partial charge in [0, 0.05) is 13.1 Å². The zero-order valence-electron chi connectivity index (χ0n) is 5.67. The van der Waals surface area contributed by atoms with E-state index >= 15 is 0 Å². The number of rotatable bonds is 0. The minimum absolute atomic E-state index is 0.544. The molecule has 1 fully saturated rings. The molecule has 0 bridgehead atoms. The van der Waals surface area contributed by atoms with Crippen molar-refractivity contribution in [2.24, 2.45) is 5.73 Å². The lowest BCUT2D eigenvalue weighted by molar-refractivity contribution is -0.143. The van der Waals surface area contributed by atoms with Gasteiger partial charge in [-0.25, -0.2) is 0 Å². The first-order valence-corrected chi connectivity index (χ1v) is 3.30. The SMILES string of the molecule is NC(=O)C(=O)N1CCCC1. The fourth-order valence-corrected chi connectivity index (χ4v) is 1.08. The molecule has 0 spiro atoms. The highest BCUT2D eigenvalue weighted by Gasteiger charge is 2.21. The van der Waals surface area contributed by atoms with E-state index in [0.717, 1.165) is 12.8 Å². The predicted octanol–water partition coefficient (Wildman–Crippen LogP) is -0.906. The summed E-state index contributed by atoms with van der Waals surface area (Å²) in [7, 11) is 0. The van der Waals surface area contributed by atoms with Crippen LogP contribution in [0, 0.1) is 0 Å². The van der Waals surface area contributed by atoms with E-state index in [2.05, 4.69) is 0 Å². The minimum atomic E-state index is -0.845. The normalized spacial score (nSPS) is 17.4. The number of nitrogens with zero attached hydrogens (tertiary/aromatic N) is 1. The number of amides is 2. The van der Waals surface area contributed by atoms with E-state index in [-0.39, 0.29) is 0 Å². The van der Waals surface area contributed by atoms with Crippen LogP contribution in [0.25, 0.3) is 0 Å². The molecule has 0 saturated carbocycles. The Bertz CT molecular complexity index is 161. The maximum absolute atomic E-state index is 10.8. The maximum atomic E-state index is 10.8. The van der Waals surface area contributed by atoms with Crippen LogP contribution in [0.5, 0.6) is 0 Å². The first kappa shape index (κ1) is 7.05. The number of nitrogens with two attached hydrogens (primary N) is 1. The van der Waals surface area contributed by atoms with E-state index in [0.29, 0.717) is 13.1 Å². The van der Waals surface area contributed by atoms with Crippen LogP contribution in [0.1, 0.15) is 12.8 Å². The molecule has 0 aromatic rings. The molecule has 0 atom stereocenters. The number of primary amides is 1. The van der Waals surface area contributed by atoms with E-state index in [1.807, 2.05) is 0 Å². The quantitative estimate of drug-likeness (QED) is 0.445. The highest BCUT2D eigenvalue weighted by molar-refractivity contribution is 6.34. The summed E-state index contributed by atoms with van der Waals surface area (Å²) in [6.07, 6.45) is 1.97. The first-order valence-electron chi connectivity index (χ1n) is 3.30. The van der Waals surface area contributed by atoms with Crippen molar-refractivity contribution in [2.45, 2.75) is 12.8 Å². The van der Waals surface area contributed by atoms with E-state index < -0.39 is 11.8 Å².